The molecule has 2 aromatic heterocycles. The molecule has 0 aliphatic carbocycles. The average Bonchev–Trinajstić information content (AvgIpc) is 3.16. The molecule has 12 nitrogen and oxygen atoms in total. The summed E-state index contributed by atoms with van der Waals surface area (Å²) in [5.41, 5.74) is -0.891. The minimum absolute atomic E-state index is 0.0651. The molecule has 1 saturated heterocycles. The smallest absolute Gasteiger partial charge is 0.317 e. The molecule has 1 unspecified atom stereocenters. The van der Waals surface area contributed by atoms with Gasteiger partial charge in [0.15, 0.2) is 23.6 Å². The van der Waals surface area contributed by atoms with Crippen LogP contribution in [0.25, 0.3) is 11.2 Å². The molecule has 28 heavy (non-hydrogen) atoms. The molecule has 2 aromatic rings. The van der Waals surface area contributed by atoms with E-state index in [-0.39, 0.29) is 28.9 Å². The number of nitrogens with zero attached hydrogens (tertiary/aromatic N) is 3. The van der Waals surface area contributed by atoms with Gasteiger partial charge in [0.1, 0.15) is 18.5 Å². The van der Waals surface area contributed by atoms with Gasteiger partial charge in [-0.25, -0.2) is 9.37 Å². The molecule has 0 radical (unpaired) electrons. The lowest BCUT2D eigenvalue weighted by molar-refractivity contribution is -0.118. The molecule has 1 fully saturated rings. The van der Waals surface area contributed by atoms with E-state index in [9.17, 15) is 23.7 Å². The molecule has 1 aliphatic rings. The third kappa shape index (κ3) is 3.84. The monoisotopic (exact) mass is 419 g/mol. The number of carbonyl (C=O) groups excluding carboxylic acids is 1. The normalized spacial score (nSPS) is 26.1. The molecule has 4 N–H and O–H groups in total. The minimum atomic E-state index is -3.53. The molecule has 3 rings (SSSR count). The van der Waals surface area contributed by atoms with Crippen molar-refractivity contribution >= 4 is 31.3 Å². The van der Waals surface area contributed by atoms with Gasteiger partial charge in [-0.15, -0.1) is 0 Å². The Balaban J connectivity index is 2.00. The van der Waals surface area contributed by atoms with Gasteiger partial charge in [0, 0.05) is 5.92 Å². The zero-order valence-electron chi connectivity index (χ0n) is 14.8. The molecular weight excluding hydrogens is 400 g/mol. The number of hydrogen-bond donors (Lipinski definition) is 4. The number of aliphatic hydroxyl groups is 1. The summed E-state index contributed by atoms with van der Waals surface area (Å²) in [7, 11) is -3.53. The lowest BCUT2D eigenvalue weighted by Gasteiger charge is -2.19. The van der Waals surface area contributed by atoms with Crippen LogP contribution in [0.15, 0.2) is 11.1 Å². The summed E-state index contributed by atoms with van der Waals surface area (Å²) in [5, 5.41) is 11.7. The third-order valence-corrected chi connectivity index (χ3v) is 4.63. The van der Waals surface area contributed by atoms with Crippen molar-refractivity contribution in [3.8, 4) is 0 Å². The van der Waals surface area contributed by atoms with Crippen molar-refractivity contribution < 1.29 is 33.0 Å². The van der Waals surface area contributed by atoms with Crippen LogP contribution in [0.4, 0.5) is 10.3 Å². The fourth-order valence-corrected chi connectivity index (χ4v) is 3.25. The standard InChI is InChI=1S/C14H19FN5O7P/c1-5(2)11(22)18-14-17-10-8(12(23)19-14)20(4-16-10)13-9(27-28(24)25)7(15)6(3-21)26-13/h4-7,9,13,21,28H,3H2,1-2H3,(H,24,25)(H2,17,18,19,22,23)/t6-,7-,9-,13-/m1/s1. The second-order valence-electron chi connectivity index (χ2n) is 6.42. The Labute approximate surface area is 157 Å². The highest BCUT2D eigenvalue weighted by Crippen LogP contribution is 2.38. The van der Waals surface area contributed by atoms with Crippen LogP contribution in [0.3, 0.4) is 0 Å². The zero-order chi connectivity index (χ0) is 20.6. The van der Waals surface area contributed by atoms with Gasteiger partial charge < -0.3 is 14.7 Å². The molecule has 0 saturated carbocycles. The van der Waals surface area contributed by atoms with Gasteiger partial charge in [-0.2, -0.15) is 4.98 Å². The maximum absolute atomic E-state index is 14.4. The molecular formula is C14H19FN5O7P. The van der Waals surface area contributed by atoms with Crippen molar-refractivity contribution in [1.29, 1.82) is 0 Å². The van der Waals surface area contributed by atoms with E-state index >= 15 is 0 Å². The van der Waals surface area contributed by atoms with Gasteiger partial charge in [-0.3, -0.25) is 33.5 Å². The summed E-state index contributed by atoms with van der Waals surface area (Å²) < 4.78 is 36.7. The van der Waals surface area contributed by atoms with Crippen molar-refractivity contribution in [3.05, 3.63) is 16.7 Å². The summed E-state index contributed by atoms with van der Waals surface area (Å²) in [5.74, 6) is -0.825. The van der Waals surface area contributed by atoms with Crippen LogP contribution in [0, 0.1) is 5.92 Å². The van der Waals surface area contributed by atoms with Crippen LogP contribution < -0.4 is 10.9 Å². The first-order valence-electron chi connectivity index (χ1n) is 8.30. The highest BCUT2D eigenvalue weighted by Gasteiger charge is 2.48. The lowest BCUT2D eigenvalue weighted by Crippen LogP contribution is -2.31. The first-order chi connectivity index (χ1) is 13.2. The predicted octanol–water partition coefficient (Wildman–Crippen LogP) is -0.291. The number of amides is 1. The summed E-state index contributed by atoms with van der Waals surface area (Å²) in [6, 6.07) is 0. The number of aromatic nitrogens is 4. The summed E-state index contributed by atoms with van der Waals surface area (Å²) >= 11 is 0. The van der Waals surface area contributed by atoms with Gasteiger partial charge in [0.2, 0.25) is 11.9 Å². The van der Waals surface area contributed by atoms with Gasteiger partial charge in [-0.05, 0) is 0 Å². The summed E-state index contributed by atoms with van der Waals surface area (Å²) in [6.07, 6.45) is -4.98. The topological polar surface area (TPSA) is 169 Å². The first-order valence-corrected chi connectivity index (χ1v) is 9.57. The Bertz CT molecular complexity index is 963. The Kier molecular flexibility index (Phi) is 5.91. The number of imidazole rings is 1. The molecule has 1 amide bonds. The van der Waals surface area contributed by atoms with Gasteiger partial charge in [-0.1, -0.05) is 13.8 Å². The van der Waals surface area contributed by atoms with E-state index in [1.807, 2.05) is 0 Å². The van der Waals surface area contributed by atoms with Gasteiger partial charge in [0.25, 0.3) is 5.56 Å². The quantitative estimate of drug-likeness (QED) is 0.460. The maximum Gasteiger partial charge on any atom is 0.317 e. The van der Waals surface area contributed by atoms with E-state index in [4.69, 9.17) is 14.2 Å². The second-order valence-corrected chi connectivity index (χ2v) is 7.19. The van der Waals surface area contributed by atoms with Crippen LogP contribution in [0.1, 0.15) is 20.1 Å². The summed E-state index contributed by atoms with van der Waals surface area (Å²) in [4.78, 5) is 43.7. The number of hydrogen-bond acceptors (Lipinski definition) is 8. The number of anilines is 1. The Morgan fingerprint density at radius 1 is 1.57 bits per heavy atom. The minimum Gasteiger partial charge on any atom is -0.394 e. The van der Waals surface area contributed by atoms with Crippen molar-refractivity contribution in [2.45, 2.75) is 38.5 Å². The predicted molar refractivity (Wildman–Crippen MR) is 93.6 cm³/mol. The number of fused-ring (bicyclic) bond motifs is 1. The first kappa shape index (κ1) is 20.6. The zero-order valence-corrected chi connectivity index (χ0v) is 15.8. The van der Waals surface area contributed by atoms with Crippen LogP contribution in [0.5, 0.6) is 0 Å². The van der Waals surface area contributed by atoms with Crippen molar-refractivity contribution in [3.63, 3.8) is 0 Å². The van der Waals surface area contributed by atoms with E-state index < -0.39 is 45.0 Å². The number of carbonyl (C=O) groups is 1. The van der Waals surface area contributed by atoms with Crippen molar-refractivity contribution in [2.24, 2.45) is 5.92 Å². The van der Waals surface area contributed by atoms with Crippen LogP contribution in [-0.4, -0.2) is 60.4 Å². The largest absolute Gasteiger partial charge is 0.394 e. The number of halogens is 1. The molecule has 5 atom stereocenters. The molecule has 0 spiro atoms. The molecule has 14 heteroatoms. The highest BCUT2D eigenvalue weighted by molar-refractivity contribution is 7.32. The lowest BCUT2D eigenvalue weighted by atomic mass is 10.1. The van der Waals surface area contributed by atoms with Gasteiger partial charge in [0.05, 0.1) is 6.61 Å². The highest BCUT2D eigenvalue weighted by atomic mass is 31.1. The van der Waals surface area contributed by atoms with Crippen LogP contribution in [0.2, 0.25) is 0 Å². The molecule has 0 bridgehead atoms. The Morgan fingerprint density at radius 3 is 2.89 bits per heavy atom. The fraction of sp³-hybridized carbons (Fsp3) is 0.571. The Morgan fingerprint density at radius 2 is 2.29 bits per heavy atom. The number of rotatable bonds is 6. The van der Waals surface area contributed by atoms with Crippen LogP contribution in [-0.2, 0) is 18.6 Å². The molecule has 1 aliphatic heterocycles. The number of aliphatic hydroxyl groups excluding tert-OH is 1. The van der Waals surface area contributed by atoms with E-state index in [0.29, 0.717) is 0 Å². The molecule has 0 aromatic carbocycles. The number of nitrogens with one attached hydrogen (secondary N) is 2. The number of aromatic amines is 1. The van der Waals surface area contributed by atoms with Crippen molar-refractivity contribution in [2.75, 3.05) is 11.9 Å². The number of alkyl halides is 1. The number of H-pyrrole nitrogens is 1. The van der Waals surface area contributed by atoms with E-state index in [1.165, 1.54) is 0 Å². The number of ether oxygens (including phenoxy) is 1. The van der Waals surface area contributed by atoms with E-state index in [0.717, 1.165) is 10.9 Å². The Hall–Kier alpha value is -2.18. The summed E-state index contributed by atoms with van der Waals surface area (Å²) in [6.45, 7) is 2.63. The van der Waals surface area contributed by atoms with Gasteiger partial charge >= 0.3 is 8.25 Å². The van der Waals surface area contributed by atoms with Crippen LogP contribution >= 0.6 is 8.25 Å². The van der Waals surface area contributed by atoms with E-state index in [2.05, 4.69) is 20.3 Å². The second kappa shape index (κ2) is 8.05. The van der Waals surface area contributed by atoms with E-state index in [1.54, 1.807) is 13.8 Å². The average molecular weight is 419 g/mol. The van der Waals surface area contributed by atoms with Crippen molar-refractivity contribution in [1.82, 2.24) is 19.5 Å². The maximum atomic E-state index is 14.4. The molecule has 154 valence electrons. The third-order valence-electron chi connectivity index (χ3n) is 4.16. The molecule has 3 heterocycles. The SMILES string of the molecule is CC(C)C(=O)Nc1nc2ncn([C@@H]3O[C@H](CO)[C@@H](F)[C@H]3O[PH](=O)O)c2c(=O)[nH]1. The fourth-order valence-electron chi connectivity index (χ4n) is 2.77.